The zero-order chi connectivity index (χ0) is 20.2. The number of hydrogen-bond acceptors (Lipinski definition) is 4. The molecule has 0 saturated heterocycles. The van der Waals surface area contributed by atoms with Gasteiger partial charge in [-0.25, -0.2) is 4.39 Å². The van der Waals surface area contributed by atoms with E-state index in [4.69, 9.17) is 14.2 Å². The average molecular weight is 378 g/mol. The lowest BCUT2D eigenvalue weighted by Gasteiger charge is -2.15. The molecule has 0 heterocycles. The highest BCUT2D eigenvalue weighted by Gasteiger charge is 2.13. The van der Waals surface area contributed by atoms with Crippen molar-refractivity contribution in [2.45, 2.75) is 46.5 Å². The fourth-order valence-corrected chi connectivity index (χ4v) is 2.31. The first kappa shape index (κ1) is 22.9. The molecule has 0 saturated carbocycles. The Balaban J connectivity index is 2.98. The minimum absolute atomic E-state index is 0.0796. The lowest BCUT2D eigenvalue weighted by atomic mass is 10.0. The number of allylic oxidation sites excluding steroid dienone is 1. The fourth-order valence-electron chi connectivity index (χ4n) is 2.31. The third-order valence-electron chi connectivity index (χ3n) is 4.11. The molecule has 150 valence electrons. The van der Waals surface area contributed by atoms with Crippen molar-refractivity contribution < 1.29 is 18.6 Å². The minimum atomic E-state index is -0.277. The van der Waals surface area contributed by atoms with Gasteiger partial charge in [0.1, 0.15) is 11.6 Å². The summed E-state index contributed by atoms with van der Waals surface area (Å²) >= 11 is 0. The van der Waals surface area contributed by atoms with Gasteiger partial charge in [-0.1, -0.05) is 34.3 Å². The second-order valence-corrected chi connectivity index (χ2v) is 6.51. The standard InChI is InChI=1S/C22H32FNO3/c1-7-12-26-15-17(5)19-14-18(10-11-20(19)23)27-21(9-3)24-22(25-6)13-16(4)8-2/h9-11,13-14,16-17H,3,7-8,12,15H2,1-2,4-6H3/b22-13+,24-21?. The van der Waals surface area contributed by atoms with E-state index in [1.807, 2.05) is 19.9 Å². The van der Waals surface area contributed by atoms with Crippen LogP contribution in [0, 0.1) is 11.7 Å². The molecule has 0 aliphatic heterocycles. The maximum atomic E-state index is 14.2. The van der Waals surface area contributed by atoms with Gasteiger partial charge in [0.15, 0.2) is 0 Å². The van der Waals surface area contributed by atoms with Gasteiger partial charge in [0.05, 0.1) is 13.7 Å². The number of hydrogen-bond donors (Lipinski definition) is 0. The van der Waals surface area contributed by atoms with Crippen molar-refractivity contribution in [2.24, 2.45) is 10.9 Å². The molecule has 0 aliphatic carbocycles. The number of nitrogens with zero attached hydrogens (tertiary/aromatic N) is 1. The first-order chi connectivity index (χ1) is 12.9. The molecule has 2 unspecified atom stereocenters. The molecule has 0 amide bonds. The van der Waals surface area contributed by atoms with E-state index in [0.29, 0.717) is 42.2 Å². The Morgan fingerprint density at radius 2 is 2.04 bits per heavy atom. The number of ether oxygens (including phenoxy) is 3. The molecule has 0 aromatic heterocycles. The Morgan fingerprint density at radius 3 is 2.63 bits per heavy atom. The van der Waals surface area contributed by atoms with Crippen LogP contribution in [0.2, 0.25) is 0 Å². The Hall–Kier alpha value is -2.14. The van der Waals surface area contributed by atoms with Crippen molar-refractivity contribution in [1.29, 1.82) is 0 Å². The molecule has 0 N–H and O–H groups in total. The number of rotatable bonds is 11. The molecule has 0 radical (unpaired) electrons. The third-order valence-corrected chi connectivity index (χ3v) is 4.11. The van der Waals surface area contributed by atoms with Gasteiger partial charge in [-0.2, -0.15) is 4.99 Å². The highest BCUT2D eigenvalue weighted by molar-refractivity contribution is 5.89. The van der Waals surface area contributed by atoms with Gasteiger partial charge in [0.25, 0.3) is 0 Å². The number of methoxy groups -OCH3 is 1. The van der Waals surface area contributed by atoms with Crippen molar-refractivity contribution in [1.82, 2.24) is 0 Å². The fraction of sp³-hybridized carbons (Fsp3) is 0.500. The second-order valence-electron chi connectivity index (χ2n) is 6.51. The quantitative estimate of drug-likeness (QED) is 0.210. The first-order valence-electron chi connectivity index (χ1n) is 9.47. The minimum Gasteiger partial charge on any atom is -0.481 e. The van der Waals surface area contributed by atoms with Crippen LogP contribution in [-0.2, 0) is 9.47 Å². The van der Waals surface area contributed by atoms with Gasteiger partial charge in [-0.3, -0.25) is 0 Å². The molecule has 0 aliphatic rings. The topological polar surface area (TPSA) is 40.0 Å². The van der Waals surface area contributed by atoms with E-state index < -0.39 is 0 Å². The van der Waals surface area contributed by atoms with Crippen molar-refractivity contribution >= 4 is 5.90 Å². The maximum Gasteiger partial charge on any atom is 0.221 e. The van der Waals surface area contributed by atoms with E-state index in [9.17, 15) is 4.39 Å². The van der Waals surface area contributed by atoms with Crippen molar-refractivity contribution in [3.05, 3.63) is 54.2 Å². The Kier molecular flexibility index (Phi) is 10.4. The van der Waals surface area contributed by atoms with Crippen LogP contribution in [-0.4, -0.2) is 26.2 Å². The van der Waals surface area contributed by atoms with Crippen LogP contribution in [0.5, 0.6) is 5.75 Å². The summed E-state index contributed by atoms with van der Waals surface area (Å²) in [5.74, 6) is 1.22. The molecule has 0 bridgehead atoms. The number of halogens is 1. The van der Waals surface area contributed by atoms with Crippen LogP contribution >= 0.6 is 0 Å². The average Bonchev–Trinajstić information content (AvgIpc) is 2.67. The molecule has 1 rings (SSSR count). The highest BCUT2D eigenvalue weighted by Crippen LogP contribution is 2.25. The van der Waals surface area contributed by atoms with E-state index in [1.54, 1.807) is 19.2 Å². The van der Waals surface area contributed by atoms with Crippen LogP contribution < -0.4 is 4.74 Å². The van der Waals surface area contributed by atoms with Gasteiger partial charge in [-0.05, 0) is 54.7 Å². The molecule has 0 fully saturated rings. The van der Waals surface area contributed by atoms with Crippen LogP contribution in [0.4, 0.5) is 4.39 Å². The smallest absolute Gasteiger partial charge is 0.221 e. The van der Waals surface area contributed by atoms with Crippen molar-refractivity contribution in [2.75, 3.05) is 20.3 Å². The summed E-state index contributed by atoms with van der Waals surface area (Å²) in [5.41, 5.74) is 0.550. The Labute approximate surface area is 162 Å². The molecule has 2 atom stereocenters. The summed E-state index contributed by atoms with van der Waals surface area (Å²) in [7, 11) is 1.56. The molecule has 4 nitrogen and oxygen atoms in total. The normalized spacial score (nSPS) is 14.6. The van der Waals surface area contributed by atoms with Gasteiger partial charge < -0.3 is 14.2 Å². The summed E-state index contributed by atoms with van der Waals surface area (Å²) in [5, 5.41) is 0. The molecule has 1 aromatic carbocycles. The molecule has 0 spiro atoms. The molecule has 27 heavy (non-hydrogen) atoms. The van der Waals surface area contributed by atoms with Crippen LogP contribution in [0.3, 0.4) is 0 Å². The molecule has 5 heteroatoms. The van der Waals surface area contributed by atoms with Crippen LogP contribution in [0.15, 0.2) is 47.8 Å². The Morgan fingerprint density at radius 1 is 1.30 bits per heavy atom. The molecular formula is C22H32FNO3. The lowest BCUT2D eigenvalue weighted by molar-refractivity contribution is 0.123. The summed E-state index contributed by atoms with van der Waals surface area (Å²) in [6.45, 7) is 13.0. The summed E-state index contributed by atoms with van der Waals surface area (Å²) in [6, 6.07) is 4.65. The second kappa shape index (κ2) is 12.3. The van der Waals surface area contributed by atoms with E-state index in [1.165, 1.54) is 12.1 Å². The maximum absolute atomic E-state index is 14.2. The number of aliphatic imine (C=N–C) groups is 1. The van der Waals surface area contributed by atoms with E-state index in [0.717, 1.165) is 12.8 Å². The molecular weight excluding hydrogens is 345 g/mol. The predicted molar refractivity (Wildman–Crippen MR) is 109 cm³/mol. The third kappa shape index (κ3) is 7.95. The summed E-state index contributed by atoms with van der Waals surface area (Å²) in [6.07, 6.45) is 5.34. The van der Waals surface area contributed by atoms with Crippen LogP contribution in [0.25, 0.3) is 0 Å². The van der Waals surface area contributed by atoms with E-state index in [2.05, 4.69) is 25.4 Å². The van der Waals surface area contributed by atoms with Gasteiger partial charge >= 0.3 is 0 Å². The molecule has 1 aromatic rings. The zero-order valence-corrected chi connectivity index (χ0v) is 17.1. The SMILES string of the molecule is C=CC(=N/C(=C\C(C)CC)OC)Oc1ccc(F)c(C(C)COCCC)c1. The monoisotopic (exact) mass is 377 g/mol. The van der Waals surface area contributed by atoms with Gasteiger partial charge in [-0.15, -0.1) is 0 Å². The first-order valence-corrected chi connectivity index (χ1v) is 9.47. The highest BCUT2D eigenvalue weighted by atomic mass is 19.1. The largest absolute Gasteiger partial charge is 0.481 e. The zero-order valence-electron chi connectivity index (χ0n) is 17.1. The predicted octanol–water partition coefficient (Wildman–Crippen LogP) is 5.85. The van der Waals surface area contributed by atoms with Crippen molar-refractivity contribution in [3.63, 3.8) is 0 Å². The van der Waals surface area contributed by atoms with Crippen LogP contribution in [0.1, 0.15) is 52.0 Å². The number of benzene rings is 1. The van der Waals surface area contributed by atoms with Gasteiger partial charge in [0, 0.05) is 12.5 Å². The summed E-state index contributed by atoms with van der Waals surface area (Å²) < 4.78 is 30.8. The Bertz CT molecular complexity index is 655. The lowest BCUT2D eigenvalue weighted by Crippen LogP contribution is -2.09. The summed E-state index contributed by atoms with van der Waals surface area (Å²) in [4.78, 5) is 4.35. The van der Waals surface area contributed by atoms with E-state index >= 15 is 0 Å². The van der Waals surface area contributed by atoms with Crippen molar-refractivity contribution in [3.8, 4) is 5.75 Å². The van der Waals surface area contributed by atoms with Gasteiger partial charge in [0.2, 0.25) is 11.8 Å². The van der Waals surface area contributed by atoms with E-state index in [-0.39, 0.29) is 11.7 Å².